The van der Waals surface area contributed by atoms with Gasteiger partial charge in [0.2, 0.25) is 12.7 Å². The second kappa shape index (κ2) is 8.55. The van der Waals surface area contributed by atoms with Crippen LogP contribution in [0.5, 0.6) is 11.5 Å². The molecule has 7 nitrogen and oxygen atoms in total. The van der Waals surface area contributed by atoms with Crippen molar-refractivity contribution >= 4 is 55.8 Å². The van der Waals surface area contributed by atoms with Gasteiger partial charge in [0.25, 0.3) is 5.91 Å². The molecule has 0 saturated heterocycles. The molecule has 1 saturated carbocycles. The highest BCUT2D eigenvalue weighted by Crippen LogP contribution is 2.53. The molecule has 0 spiro atoms. The lowest BCUT2D eigenvalue weighted by Gasteiger charge is -2.10. The average molecular weight is 506 g/mol. The van der Waals surface area contributed by atoms with Gasteiger partial charge in [-0.05, 0) is 49.2 Å². The zero-order valence-corrected chi connectivity index (χ0v) is 20.2. The summed E-state index contributed by atoms with van der Waals surface area (Å²) in [5.74, 6) is 1.10. The fraction of sp³-hybridized carbons (Fsp3) is 0.192. The second-order valence-corrected chi connectivity index (χ2v) is 10.0. The van der Waals surface area contributed by atoms with Gasteiger partial charge in [0.15, 0.2) is 16.6 Å². The smallest absolute Gasteiger partial charge is 0.255 e. The SMILES string of the molecule is Cc1cccc(Cl)c1NC(=O)c1ccc2nc(NC(=O)C3CC3c3cccc4c3OCO4)sc2c1. The molecule has 0 radical (unpaired) electrons. The Balaban J connectivity index is 1.16. The van der Waals surface area contributed by atoms with Gasteiger partial charge < -0.3 is 20.1 Å². The number of nitrogens with zero attached hydrogens (tertiary/aromatic N) is 1. The summed E-state index contributed by atoms with van der Waals surface area (Å²) in [6, 6.07) is 16.5. The Kier molecular flexibility index (Phi) is 5.35. The maximum absolute atomic E-state index is 12.9. The lowest BCUT2D eigenvalue weighted by molar-refractivity contribution is -0.117. The highest BCUT2D eigenvalue weighted by atomic mass is 35.5. The van der Waals surface area contributed by atoms with E-state index in [-0.39, 0.29) is 30.4 Å². The fourth-order valence-electron chi connectivity index (χ4n) is 4.37. The minimum absolute atomic E-state index is 0.0715. The van der Waals surface area contributed by atoms with Crippen molar-refractivity contribution in [3.8, 4) is 11.5 Å². The number of para-hydroxylation sites is 2. The lowest BCUT2D eigenvalue weighted by atomic mass is 10.1. The lowest BCUT2D eigenvalue weighted by Crippen LogP contribution is -2.14. The van der Waals surface area contributed by atoms with Crippen LogP contribution >= 0.6 is 22.9 Å². The van der Waals surface area contributed by atoms with Crippen LogP contribution in [-0.4, -0.2) is 23.6 Å². The highest BCUT2D eigenvalue weighted by molar-refractivity contribution is 7.22. The molecule has 2 aliphatic rings. The summed E-state index contributed by atoms with van der Waals surface area (Å²) in [5, 5.41) is 6.82. The molecule has 2 unspecified atom stereocenters. The van der Waals surface area contributed by atoms with Crippen LogP contribution in [0, 0.1) is 12.8 Å². The first-order chi connectivity index (χ1) is 17.0. The number of nitrogens with one attached hydrogen (secondary N) is 2. The van der Waals surface area contributed by atoms with E-state index in [1.807, 2.05) is 37.3 Å². The van der Waals surface area contributed by atoms with E-state index in [1.54, 1.807) is 24.3 Å². The van der Waals surface area contributed by atoms with Crippen molar-refractivity contribution in [2.75, 3.05) is 17.4 Å². The highest BCUT2D eigenvalue weighted by Gasteiger charge is 2.46. The molecule has 3 aromatic carbocycles. The Hall–Kier alpha value is -3.62. The van der Waals surface area contributed by atoms with Crippen molar-refractivity contribution in [3.63, 3.8) is 0 Å². The summed E-state index contributed by atoms with van der Waals surface area (Å²) in [6.45, 7) is 2.10. The molecule has 6 rings (SSSR count). The number of benzene rings is 3. The molecule has 1 aromatic heterocycles. The van der Waals surface area contributed by atoms with Gasteiger partial charge in [-0.15, -0.1) is 0 Å². The van der Waals surface area contributed by atoms with Crippen molar-refractivity contribution in [2.24, 2.45) is 5.92 Å². The molecular weight excluding hydrogens is 486 g/mol. The summed E-state index contributed by atoms with van der Waals surface area (Å²) in [6.07, 6.45) is 0.752. The molecular formula is C26H20ClN3O4S. The number of hydrogen-bond acceptors (Lipinski definition) is 6. The van der Waals surface area contributed by atoms with Gasteiger partial charge in [0.05, 0.1) is 20.9 Å². The number of carbonyl (C=O) groups excluding carboxylic acids is 2. The Morgan fingerprint density at radius 1 is 1.09 bits per heavy atom. The molecule has 9 heteroatoms. The van der Waals surface area contributed by atoms with E-state index in [1.165, 1.54) is 11.3 Å². The maximum atomic E-state index is 12.9. The predicted molar refractivity (Wildman–Crippen MR) is 136 cm³/mol. The van der Waals surface area contributed by atoms with Gasteiger partial charge in [-0.1, -0.05) is 47.2 Å². The molecule has 1 aliphatic carbocycles. The van der Waals surface area contributed by atoms with E-state index in [2.05, 4.69) is 15.6 Å². The third-order valence-electron chi connectivity index (χ3n) is 6.29. The molecule has 2 N–H and O–H groups in total. The van der Waals surface area contributed by atoms with Crippen LogP contribution in [0.2, 0.25) is 5.02 Å². The summed E-state index contributed by atoms with van der Waals surface area (Å²) < 4.78 is 11.8. The molecule has 4 aromatic rings. The number of anilines is 2. The minimum Gasteiger partial charge on any atom is -0.454 e. The van der Waals surface area contributed by atoms with Gasteiger partial charge in [-0.25, -0.2) is 4.98 Å². The number of fused-ring (bicyclic) bond motifs is 2. The zero-order valence-electron chi connectivity index (χ0n) is 18.6. The molecule has 1 fully saturated rings. The van der Waals surface area contributed by atoms with Gasteiger partial charge in [-0.3, -0.25) is 9.59 Å². The number of rotatable bonds is 5. The van der Waals surface area contributed by atoms with E-state index in [0.29, 0.717) is 21.4 Å². The minimum atomic E-state index is -0.260. The molecule has 35 heavy (non-hydrogen) atoms. The van der Waals surface area contributed by atoms with E-state index in [0.717, 1.165) is 39.3 Å². The van der Waals surface area contributed by atoms with Gasteiger partial charge >= 0.3 is 0 Å². The number of ether oxygens (including phenoxy) is 2. The second-order valence-electron chi connectivity index (χ2n) is 8.61. The van der Waals surface area contributed by atoms with Crippen LogP contribution in [0.1, 0.15) is 33.8 Å². The van der Waals surface area contributed by atoms with Gasteiger partial charge in [0.1, 0.15) is 0 Å². The average Bonchev–Trinajstić information content (AvgIpc) is 3.31. The first-order valence-electron chi connectivity index (χ1n) is 11.1. The summed E-state index contributed by atoms with van der Waals surface area (Å²) in [7, 11) is 0. The van der Waals surface area contributed by atoms with E-state index < -0.39 is 0 Å². The topological polar surface area (TPSA) is 89.6 Å². The third kappa shape index (κ3) is 4.09. The summed E-state index contributed by atoms with van der Waals surface area (Å²) >= 11 is 7.58. The molecule has 1 aliphatic heterocycles. The van der Waals surface area contributed by atoms with E-state index >= 15 is 0 Å². The first kappa shape index (κ1) is 21.9. The summed E-state index contributed by atoms with van der Waals surface area (Å²) in [4.78, 5) is 30.2. The first-order valence-corrected chi connectivity index (χ1v) is 12.3. The molecule has 2 heterocycles. The quantitative estimate of drug-likeness (QED) is 0.348. The van der Waals surface area contributed by atoms with Crippen molar-refractivity contribution in [1.82, 2.24) is 4.98 Å². The van der Waals surface area contributed by atoms with Crippen LogP contribution in [0.15, 0.2) is 54.6 Å². The zero-order chi connectivity index (χ0) is 24.1. The number of aryl methyl sites for hydroxylation is 1. The maximum Gasteiger partial charge on any atom is 0.255 e. The normalized spacial score (nSPS) is 17.9. The number of amides is 2. The summed E-state index contributed by atoms with van der Waals surface area (Å²) in [5.41, 5.74) is 3.69. The Morgan fingerprint density at radius 3 is 2.80 bits per heavy atom. The number of aromatic nitrogens is 1. The van der Waals surface area contributed by atoms with Crippen molar-refractivity contribution < 1.29 is 19.1 Å². The van der Waals surface area contributed by atoms with Gasteiger partial charge in [0, 0.05) is 23.0 Å². The Labute approximate surface area is 210 Å². The van der Waals surface area contributed by atoms with Gasteiger partial charge in [-0.2, -0.15) is 0 Å². The van der Waals surface area contributed by atoms with Crippen LogP contribution in [0.4, 0.5) is 10.8 Å². The molecule has 176 valence electrons. The molecule has 0 bridgehead atoms. The fourth-order valence-corrected chi connectivity index (χ4v) is 5.54. The number of halogens is 1. The van der Waals surface area contributed by atoms with Crippen LogP contribution < -0.4 is 20.1 Å². The predicted octanol–water partition coefficient (Wildman–Crippen LogP) is 5.98. The third-order valence-corrected chi connectivity index (χ3v) is 7.54. The Bertz CT molecular complexity index is 1480. The standard InChI is InChI=1S/C26H20ClN3O4S/c1-13-4-2-6-18(27)22(13)29-24(31)14-8-9-19-21(10-14)35-26(28-19)30-25(32)17-11-16(17)15-5-3-7-20-23(15)34-12-33-20/h2-10,16-17H,11-12H2,1H3,(H,29,31)(H,28,30,32). The Morgan fingerprint density at radius 2 is 1.94 bits per heavy atom. The number of hydrogen-bond donors (Lipinski definition) is 2. The van der Waals surface area contributed by atoms with Crippen LogP contribution in [0.25, 0.3) is 10.2 Å². The molecule has 2 amide bonds. The van der Waals surface area contributed by atoms with Crippen molar-refractivity contribution in [3.05, 3.63) is 76.3 Å². The van der Waals surface area contributed by atoms with Crippen LogP contribution in [0.3, 0.4) is 0 Å². The number of thiazole rings is 1. The van der Waals surface area contributed by atoms with Crippen molar-refractivity contribution in [2.45, 2.75) is 19.3 Å². The van der Waals surface area contributed by atoms with E-state index in [4.69, 9.17) is 21.1 Å². The van der Waals surface area contributed by atoms with E-state index in [9.17, 15) is 9.59 Å². The number of carbonyl (C=O) groups is 2. The van der Waals surface area contributed by atoms with Crippen LogP contribution in [-0.2, 0) is 4.79 Å². The monoisotopic (exact) mass is 505 g/mol. The molecule has 2 atom stereocenters. The largest absolute Gasteiger partial charge is 0.454 e. The van der Waals surface area contributed by atoms with Crippen molar-refractivity contribution in [1.29, 1.82) is 0 Å².